The summed E-state index contributed by atoms with van der Waals surface area (Å²) in [5.41, 5.74) is 4.82. The Labute approximate surface area is 86.0 Å². The highest BCUT2D eigenvalue weighted by atomic mass is 19.4. The zero-order valence-corrected chi connectivity index (χ0v) is 8.43. The lowest BCUT2D eigenvalue weighted by molar-refractivity contribution is -0.168. The van der Waals surface area contributed by atoms with Crippen molar-refractivity contribution >= 4 is 5.84 Å². The third-order valence-corrected chi connectivity index (χ3v) is 1.69. The number of nitrogens with one attached hydrogen (secondary N) is 1. The molecule has 0 aliphatic rings. The lowest BCUT2D eigenvalue weighted by atomic mass is 10.1. The van der Waals surface area contributed by atoms with Crippen LogP contribution in [0, 0.1) is 11.3 Å². The molecule has 15 heavy (non-hydrogen) atoms. The summed E-state index contributed by atoms with van der Waals surface area (Å²) in [6.07, 6.45) is -4.01. The fraction of sp³-hybridized carbons (Fsp3) is 0.875. The maximum atomic E-state index is 12.2. The van der Waals surface area contributed by atoms with E-state index in [0.29, 0.717) is 13.0 Å². The average molecular weight is 228 g/mol. The molecule has 0 heterocycles. The number of alkyl halides is 3. The molecule has 0 aromatic heterocycles. The molecule has 0 rings (SSSR count). The average Bonchev–Trinajstić information content (AvgIpc) is 2.08. The first-order valence-electron chi connectivity index (χ1n) is 4.37. The van der Waals surface area contributed by atoms with Crippen molar-refractivity contribution in [2.75, 3.05) is 26.9 Å². The molecule has 4 nitrogen and oxygen atoms in total. The maximum Gasteiger partial charge on any atom is 0.400 e. The van der Waals surface area contributed by atoms with E-state index >= 15 is 0 Å². The van der Waals surface area contributed by atoms with Crippen LogP contribution in [0.3, 0.4) is 0 Å². The van der Waals surface area contributed by atoms with Gasteiger partial charge in [-0.25, -0.2) is 0 Å². The second-order valence-electron chi connectivity index (χ2n) is 2.97. The number of amidine groups is 1. The number of halogens is 3. The highest BCUT2D eigenvalue weighted by Crippen LogP contribution is 2.26. The minimum atomic E-state index is -4.52. The van der Waals surface area contributed by atoms with Gasteiger partial charge in [-0.1, -0.05) is 0 Å². The van der Waals surface area contributed by atoms with Gasteiger partial charge in [-0.3, -0.25) is 5.41 Å². The second-order valence-corrected chi connectivity index (χ2v) is 2.97. The highest BCUT2D eigenvalue weighted by Gasteiger charge is 2.41. The minimum absolute atomic E-state index is 0.160. The van der Waals surface area contributed by atoms with Gasteiger partial charge in [0.25, 0.3) is 0 Å². The summed E-state index contributed by atoms with van der Waals surface area (Å²) in [7, 11) is 1.49. The van der Waals surface area contributed by atoms with Crippen LogP contribution in [0.5, 0.6) is 0 Å². The number of nitrogens with two attached hydrogens (primary N) is 1. The number of hydrogen-bond donors (Lipinski definition) is 2. The van der Waals surface area contributed by atoms with Gasteiger partial charge in [0.1, 0.15) is 11.8 Å². The number of hydrogen-bond acceptors (Lipinski definition) is 3. The molecule has 0 aliphatic carbocycles. The first kappa shape index (κ1) is 14.2. The molecule has 3 N–H and O–H groups in total. The van der Waals surface area contributed by atoms with Crippen LogP contribution in [0.25, 0.3) is 0 Å². The third-order valence-electron chi connectivity index (χ3n) is 1.69. The summed E-state index contributed by atoms with van der Waals surface area (Å²) < 4.78 is 46.1. The molecule has 0 aliphatic heterocycles. The Morgan fingerprint density at radius 3 is 2.40 bits per heavy atom. The maximum absolute atomic E-state index is 12.2. The fourth-order valence-corrected chi connectivity index (χ4v) is 0.867. The van der Waals surface area contributed by atoms with Crippen LogP contribution < -0.4 is 5.73 Å². The Balaban J connectivity index is 3.84. The molecule has 0 spiro atoms. The Bertz CT molecular complexity index is 197. The van der Waals surface area contributed by atoms with Crippen molar-refractivity contribution in [3.05, 3.63) is 0 Å². The second kappa shape index (κ2) is 6.62. The van der Waals surface area contributed by atoms with Crippen LogP contribution in [-0.2, 0) is 9.47 Å². The lowest BCUT2D eigenvalue weighted by Crippen LogP contribution is -2.38. The Morgan fingerprint density at radius 2 is 2.00 bits per heavy atom. The molecule has 1 unspecified atom stereocenters. The molecule has 0 radical (unpaired) electrons. The fourth-order valence-electron chi connectivity index (χ4n) is 0.867. The van der Waals surface area contributed by atoms with Crippen LogP contribution in [0.1, 0.15) is 6.42 Å². The van der Waals surface area contributed by atoms with E-state index < -0.39 is 24.5 Å². The van der Waals surface area contributed by atoms with Crippen LogP contribution in [0.15, 0.2) is 0 Å². The topological polar surface area (TPSA) is 68.3 Å². The van der Waals surface area contributed by atoms with Gasteiger partial charge in [-0.05, 0) is 6.42 Å². The first-order valence-corrected chi connectivity index (χ1v) is 4.37. The molecule has 0 saturated heterocycles. The van der Waals surface area contributed by atoms with Crippen molar-refractivity contribution in [1.29, 1.82) is 5.41 Å². The normalized spacial score (nSPS) is 13.9. The first-order chi connectivity index (χ1) is 6.89. The molecule has 7 heteroatoms. The third kappa shape index (κ3) is 6.29. The molecule has 0 bridgehead atoms. The van der Waals surface area contributed by atoms with Crippen molar-refractivity contribution in [3.63, 3.8) is 0 Å². The molecular weight excluding hydrogens is 213 g/mol. The van der Waals surface area contributed by atoms with Gasteiger partial charge in [0.15, 0.2) is 0 Å². The van der Waals surface area contributed by atoms with E-state index in [4.69, 9.17) is 20.6 Å². The summed E-state index contributed by atoms with van der Waals surface area (Å²) in [4.78, 5) is 0. The van der Waals surface area contributed by atoms with Crippen molar-refractivity contribution in [2.45, 2.75) is 12.6 Å². The standard InChI is InChI=1S/C8H15F3N2O2/c1-14-3-2-4-15-5-6(7(12)13)8(9,10)11/h6H,2-5H2,1H3,(H3,12,13). The van der Waals surface area contributed by atoms with Gasteiger partial charge >= 0.3 is 6.18 Å². The molecule has 1 atom stereocenters. The largest absolute Gasteiger partial charge is 0.400 e. The van der Waals surface area contributed by atoms with E-state index in [2.05, 4.69) is 0 Å². The SMILES string of the molecule is COCCCOCC(C(=N)N)C(F)(F)F. The summed E-state index contributed by atoms with van der Waals surface area (Å²) in [6.45, 7) is -0.0208. The number of ether oxygens (including phenoxy) is 2. The molecule has 90 valence electrons. The van der Waals surface area contributed by atoms with Gasteiger partial charge in [0, 0.05) is 20.3 Å². The Morgan fingerprint density at radius 1 is 1.40 bits per heavy atom. The zero-order valence-electron chi connectivity index (χ0n) is 8.43. The van der Waals surface area contributed by atoms with Gasteiger partial charge in [0.2, 0.25) is 0 Å². The van der Waals surface area contributed by atoms with Gasteiger partial charge in [-0.15, -0.1) is 0 Å². The minimum Gasteiger partial charge on any atom is -0.387 e. The van der Waals surface area contributed by atoms with Gasteiger partial charge < -0.3 is 15.2 Å². The van der Waals surface area contributed by atoms with Crippen molar-refractivity contribution in [3.8, 4) is 0 Å². The van der Waals surface area contributed by atoms with Crippen LogP contribution in [0.2, 0.25) is 0 Å². The lowest BCUT2D eigenvalue weighted by Gasteiger charge is -2.18. The molecule has 0 aromatic rings. The molecule has 0 saturated carbocycles. The molecule has 0 aromatic carbocycles. The predicted molar refractivity (Wildman–Crippen MR) is 48.8 cm³/mol. The Hall–Kier alpha value is -0.820. The van der Waals surface area contributed by atoms with E-state index in [1.807, 2.05) is 0 Å². The summed E-state index contributed by atoms with van der Waals surface area (Å²) in [5.74, 6) is -2.94. The number of methoxy groups -OCH3 is 1. The zero-order chi connectivity index (χ0) is 11.9. The highest BCUT2D eigenvalue weighted by molar-refractivity contribution is 5.80. The summed E-state index contributed by atoms with van der Waals surface area (Å²) in [6, 6.07) is 0. The Kier molecular flexibility index (Phi) is 6.26. The summed E-state index contributed by atoms with van der Waals surface area (Å²) in [5, 5.41) is 6.78. The number of rotatable bonds is 7. The van der Waals surface area contributed by atoms with E-state index in [-0.39, 0.29) is 6.61 Å². The van der Waals surface area contributed by atoms with Crippen LogP contribution in [0.4, 0.5) is 13.2 Å². The van der Waals surface area contributed by atoms with Crippen molar-refractivity contribution in [2.24, 2.45) is 11.7 Å². The van der Waals surface area contributed by atoms with Gasteiger partial charge in [-0.2, -0.15) is 13.2 Å². The van der Waals surface area contributed by atoms with E-state index in [9.17, 15) is 13.2 Å². The van der Waals surface area contributed by atoms with Crippen LogP contribution >= 0.6 is 0 Å². The van der Waals surface area contributed by atoms with E-state index in [1.165, 1.54) is 7.11 Å². The molecule has 0 fully saturated rings. The van der Waals surface area contributed by atoms with Crippen molar-refractivity contribution in [1.82, 2.24) is 0 Å². The predicted octanol–water partition coefficient (Wildman–Crippen LogP) is 1.15. The van der Waals surface area contributed by atoms with Crippen LogP contribution in [-0.4, -0.2) is 38.9 Å². The summed E-state index contributed by atoms with van der Waals surface area (Å²) >= 11 is 0. The quantitative estimate of drug-likeness (QED) is 0.390. The van der Waals surface area contributed by atoms with E-state index in [1.54, 1.807) is 0 Å². The van der Waals surface area contributed by atoms with Gasteiger partial charge in [0.05, 0.1) is 6.61 Å². The van der Waals surface area contributed by atoms with Crippen molar-refractivity contribution < 1.29 is 22.6 Å². The molecule has 0 amide bonds. The monoisotopic (exact) mass is 228 g/mol. The molecular formula is C8H15F3N2O2. The smallest absolute Gasteiger partial charge is 0.387 e. The van der Waals surface area contributed by atoms with E-state index in [0.717, 1.165) is 0 Å².